The second kappa shape index (κ2) is 7.83. The molecule has 0 unspecified atom stereocenters. The zero-order valence-electron chi connectivity index (χ0n) is 14.8. The van der Waals surface area contributed by atoms with Crippen molar-refractivity contribution in [2.75, 3.05) is 19.8 Å². The molecule has 0 aliphatic carbocycles. The second-order valence-electron chi connectivity index (χ2n) is 7.09. The smallest absolute Gasteiger partial charge is 0.387 e. The van der Waals surface area contributed by atoms with E-state index in [9.17, 15) is 8.78 Å². The molecule has 7 heteroatoms. The largest absolute Gasteiger partial charge is 0.476 e. The van der Waals surface area contributed by atoms with Crippen molar-refractivity contribution in [2.24, 2.45) is 0 Å². The Labute approximate surface area is 147 Å². The topological polar surface area (TPSA) is 43.8 Å². The average molecular weight is 356 g/mol. The molecule has 2 aliphatic heterocycles. The van der Waals surface area contributed by atoms with Gasteiger partial charge in [-0.1, -0.05) is 0 Å². The number of nitrogens with zero attached hydrogens (tertiary/aromatic N) is 2. The summed E-state index contributed by atoms with van der Waals surface area (Å²) in [5.74, 6) is 0.376. The molecule has 2 fully saturated rings. The van der Waals surface area contributed by atoms with Gasteiger partial charge in [-0.2, -0.15) is 8.78 Å². The first-order chi connectivity index (χ1) is 12.0. The van der Waals surface area contributed by atoms with Crippen LogP contribution < -0.4 is 9.47 Å². The summed E-state index contributed by atoms with van der Waals surface area (Å²) < 4.78 is 40.7. The first kappa shape index (κ1) is 18.3. The first-order valence-electron chi connectivity index (χ1n) is 8.90. The maximum absolute atomic E-state index is 12.3. The van der Waals surface area contributed by atoms with Gasteiger partial charge in [-0.3, -0.25) is 4.90 Å². The number of hydrogen-bond acceptors (Lipinski definition) is 5. The molecule has 0 spiro atoms. The standard InChI is InChI=1S/C18H26F2N2O3/c1-13(2)24-12-18-6-3-9-22(18)14(4-7-18)11-23-16-10-15(5-8-21-16)25-17(19)20/h5,8,10,13-14,17H,3-4,6-7,9,11-12H2,1-2H3/t14-,18-/m0/s1. The Kier molecular flexibility index (Phi) is 5.74. The number of alkyl halides is 2. The summed E-state index contributed by atoms with van der Waals surface area (Å²) in [4.78, 5) is 6.59. The Balaban J connectivity index is 1.57. The molecule has 0 N–H and O–H groups in total. The minimum Gasteiger partial charge on any atom is -0.476 e. The molecule has 3 heterocycles. The highest BCUT2D eigenvalue weighted by Crippen LogP contribution is 2.42. The van der Waals surface area contributed by atoms with Gasteiger partial charge < -0.3 is 14.2 Å². The third-order valence-electron chi connectivity index (χ3n) is 5.07. The predicted octanol–water partition coefficient (Wildman–Crippen LogP) is 3.48. The van der Waals surface area contributed by atoms with E-state index in [1.807, 2.05) is 0 Å². The first-order valence-corrected chi connectivity index (χ1v) is 8.90. The quantitative estimate of drug-likeness (QED) is 0.713. The van der Waals surface area contributed by atoms with Crippen LogP contribution in [0.4, 0.5) is 8.78 Å². The molecule has 0 saturated carbocycles. The molecule has 2 atom stereocenters. The minimum atomic E-state index is -2.85. The van der Waals surface area contributed by atoms with Crippen molar-refractivity contribution in [3.8, 4) is 11.6 Å². The van der Waals surface area contributed by atoms with E-state index >= 15 is 0 Å². The van der Waals surface area contributed by atoms with E-state index in [4.69, 9.17) is 9.47 Å². The van der Waals surface area contributed by atoms with Gasteiger partial charge in [0, 0.05) is 23.8 Å². The van der Waals surface area contributed by atoms with E-state index in [1.54, 1.807) is 0 Å². The Morgan fingerprint density at radius 2 is 2.20 bits per heavy atom. The zero-order valence-corrected chi connectivity index (χ0v) is 14.8. The number of rotatable bonds is 8. The SMILES string of the molecule is CC(C)OC[C@@]12CCCN1[C@H](COc1cc(OC(F)F)ccn1)CC2. The van der Waals surface area contributed by atoms with Crippen molar-refractivity contribution >= 4 is 0 Å². The fourth-order valence-electron chi connectivity index (χ4n) is 3.94. The summed E-state index contributed by atoms with van der Waals surface area (Å²) in [6.07, 6.45) is 6.14. The Hall–Kier alpha value is -1.47. The number of pyridine rings is 1. The molecule has 0 aromatic carbocycles. The Bertz CT molecular complexity index is 573. The molecule has 5 nitrogen and oxygen atoms in total. The molecule has 1 aromatic rings. The lowest BCUT2D eigenvalue weighted by atomic mass is 9.95. The van der Waals surface area contributed by atoms with Gasteiger partial charge in [0.1, 0.15) is 12.4 Å². The number of hydrogen-bond donors (Lipinski definition) is 0. The van der Waals surface area contributed by atoms with Crippen molar-refractivity contribution in [3.63, 3.8) is 0 Å². The van der Waals surface area contributed by atoms with Gasteiger partial charge in [-0.25, -0.2) is 4.98 Å². The van der Waals surface area contributed by atoms with E-state index in [0.717, 1.165) is 32.4 Å². The van der Waals surface area contributed by atoms with Gasteiger partial charge in [-0.05, 0) is 52.1 Å². The zero-order chi connectivity index (χ0) is 17.9. The summed E-state index contributed by atoms with van der Waals surface area (Å²) in [6, 6.07) is 3.10. The third kappa shape index (κ3) is 4.39. The molecule has 2 aliphatic rings. The van der Waals surface area contributed by atoms with Crippen LogP contribution in [0.5, 0.6) is 11.6 Å². The molecule has 140 valence electrons. The van der Waals surface area contributed by atoms with Crippen LogP contribution in [-0.4, -0.2) is 53.9 Å². The highest BCUT2D eigenvalue weighted by molar-refractivity contribution is 5.26. The van der Waals surface area contributed by atoms with Crippen molar-refractivity contribution in [2.45, 2.75) is 63.8 Å². The lowest BCUT2D eigenvalue weighted by Gasteiger charge is -2.35. The normalized spacial score (nSPS) is 26.4. The minimum absolute atomic E-state index is 0.0623. The molecule has 3 rings (SSSR count). The maximum Gasteiger partial charge on any atom is 0.387 e. The maximum atomic E-state index is 12.3. The van der Waals surface area contributed by atoms with E-state index < -0.39 is 6.61 Å². The fraction of sp³-hybridized carbons (Fsp3) is 0.722. The lowest BCUT2D eigenvalue weighted by molar-refractivity contribution is -0.0500. The van der Waals surface area contributed by atoms with Crippen molar-refractivity contribution < 1.29 is 23.0 Å². The van der Waals surface area contributed by atoms with Gasteiger partial charge in [0.15, 0.2) is 0 Å². The van der Waals surface area contributed by atoms with E-state index in [0.29, 0.717) is 18.5 Å². The lowest BCUT2D eigenvalue weighted by Crippen LogP contribution is -2.47. The summed E-state index contributed by atoms with van der Waals surface area (Å²) >= 11 is 0. The number of halogens is 2. The van der Waals surface area contributed by atoms with E-state index in [2.05, 4.69) is 28.5 Å². The summed E-state index contributed by atoms with van der Waals surface area (Å²) in [5.41, 5.74) is 0.131. The predicted molar refractivity (Wildman–Crippen MR) is 89.1 cm³/mol. The molecule has 0 amide bonds. The second-order valence-corrected chi connectivity index (χ2v) is 7.09. The average Bonchev–Trinajstić information content (AvgIpc) is 3.10. The third-order valence-corrected chi connectivity index (χ3v) is 5.07. The van der Waals surface area contributed by atoms with Crippen molar-refractivity contribution in [1.29, 1.82) is 0 Å². The molecule has 2 saturated heterocycles. The molecule has 0 bridgehead atoms. The van der Waals surface area contributed by atoms with Gasteiger partial charge in [-0.15, -0.1) is 0 Å². The van der Waals surface area contributed by atoms with Crippen molar-refractivity contribution in [1.82, 2.24) is 9.88 Å². The van der Waals surface area contributed by atoms with Crippen LogP contribution in [0, 0.1) is 0 Å². The number of fused-ring (bicyclic) bond motifs is 1. The van der Waals surface area contributed by atoms with Crippen LogP contribution in [-0.2, 0) is 4.74 Å². The summed E-state index contributed by atoms with van der Waals surface area (Å²) in [7, 11) is 0. The molecular formula is C18H26F2N2O3. The van der Waals surface area contributed by atoms with Crippen LogP contribution in [0.15, 0.2) is 18.3 Å². The van der Waals surface area contributed by atoms with Crippen LogP contribution in [0.25, 0.3) is 0 Å². The number of aromatic nitrogens is 1. The van der Waals surface area contributed by atoms with Gasteiger partial charge in [0.05, 0.1) is 12.7 Å². The van der Waals surface area contributed by atoms with E-state index in [1.165, 1.54) is 24.8 Å². The van der Waals surface area contributed by atoms with Gasteiger partial charge in [0.25, 0.3) is 0 Å². The van der Waals surface area contributed by atoms with Crippen LogP contribution in [0.2, 0.25) is 0 Å². The van der Waals surface area contributed by atoms with Crippen LogP contribution in [0.3, 0.4) is 0 Å². The summed E-state index contributed by atoms with van der Waals surface area (Å²) in [5, 5.41) is 0. The fourth-order valence-corrected chi connectivity index (χ4v) is 3.94. The highest BCUT2D eigenvalue weighted by atomic mass is 19.3. The van der Waals surface area contributed by atoms with Crippen molar-refractivity contribution in [3.05, 3.63) is 18.3 Å². The molecular weight excluding hydrogens is 330 g/mol. The highest BCUT2D eigenvalue weighted by Gasteiger charge is 2.49. The van der Waals surface area contributed by atoms with Crippen LogP contribution in [0.1, 0.15) is 39.5 Å². The monoisotopic (exact) mass is 356 g/mol. The van der Waals surface area contributed by atoms with Crippen LogP contribution >= 0.6 is 0 Å². The molecule has 0 radical (unpaired) electrons. The van der Waals surface area contributed by atoms with Gasteiger partial charge >= 0.3 is 6.61 Å². The summed E-state index contributed by atoms with van der Waals surface area (Å²) in [6.45, 7) is 3.58. The van der Waals surface area contributed by atoms with E-state index in [-0.39, 0.29) is 17.4 Å². The number of ether oxygens (including phenoxy) is 3. The molecule has 1 aromatic heterocycles. The van der Waals surface area contributed by atoms with Gasteiger partial charge in [0.2, 0.25) is 5.88 Å². The Morgan fingerprint density at radius 3 is 2.96 bits per heavy atom. The molecule has 25 heavy (non-hydrogen) atoms. The Morgan fingerprint density at radius 1 is 1.36 bits per heavy atom.